The lowest BCUT2D eigenvalue weighted by Crippen LogP contribution is -2.55. The van der Waals surface area contributed by atoms with Crippen molar-refractivity contribution in [3.63, 3.8) is 0 Å². The maximum atomic E-state index is 13.0. The van der Waals surface area contributed by atoms with Gasteiger partial charge < -0.3 is 24.4 Å². The molecule has 3 aliphatic rings. The Labute approximate surface area is 212 Å². The van der Waals surface area contributed by atoms with Crippen molar-refractivity contribution < 1.29 is 28.6 Å². The van der Waals surface area contributed by atoms with Gasteiger partial charge in [-0.3, -0.25) is 14.6 Å². The van der Waals surface area contributed by atoms with Gasteiger partial charge in [-0.05, 0) is 61.0 Å². The number of nitrogens with zero attached hydrogens (tertiary/aromatic N) is 3. The van der Waals surface area contributed by atoms with Crippen LogP contribution >= 0.6 is 0 Å². The number of hydrogen-bond donors (Lipinski definition) is 1. The molecule has 0 saturated carbocycles. The number of amides is 3. The van der Waals surface area contributed by atoms with Crippen LogP contribution in [0, 0.1) is 0 Å². The van der Waals surface area contributed by atoms with E-state index in [0.29, 0.717) is 49.9 Å². The second-order valence-electron chi connectivity index (χ2n) is 11.7. The quantitative estimate of drug-likeness (QED) is 0.573. The monoisotopic (exact) mass is 502 g/mol. The summed E-state index contributed by atoms with van der Waals surface area (Å²) in [4.78, 5) is 43.8. The van der Waals surface area contributed by atoms with E-state index in [0.717, 1.165) is 12.0 Å². The fourth-order valence-corrected chi connectivity index (χ4v) is 4.69. The summed E-state index contributed by atoms with van der Waals surface area (Å²) in [7, 11) is 0. The molecule has 10 nitrogen and oxygen atoms in total. The standard InChI is InChI=1S/C26H38N4O6/c1-16-22(31)27-19-12-17-14-28-9-10-29(23(32)35-25(2,3)4)15-18(28)8-11-34-21(17)13-20(19)30(16)24(33)36-26(5,6)7/h12-13,16,18H,8-11,14-15H2,1-7H3,(H,27,31)/t16?,18-/m0/s1. The molecular formula is C26H38N4O6. The van der Waals surface area contributed by atoms with Crippen molar-refractivity contribution in [2.24, 2.45) is 0 Å². The Morgan fingerprint density at radius 1 is 1.03 bits per heavy atom. The van der Waals surface area contributed by atoms with Crippen LogP contribution in [0.5, 0.6) is 5.75 Å². The first-order valence-electron chi connectivity index (χ1n) is 12.6. The molecule has 0 spiro atoms. The highest BCUT2D eigenvalue weighted by atomic mass is 16.6. The summed E-state index contributed by atoms with van der Waals surface area (Å²) in [5.74, 6) is 0.405. The minimum atomic E-state index is -0.718. The summed E-state index contributed by atoms with van der Waals surface area (Å²) >= 11 is 0. The minimum Gasteiger partial charge on any atom is -0.493 e. The highest BCUT2D eigenvalue weighted by molar-refractivity contribution is 6.10. The van der Waals surface area contributed by atoms with Gasteiger partial charge in [0, 0.05) is 43.9 Å². The van der Waals surface area contributed by atoms with Gasteiger partial charge >= 0.3 is 12.2 Å². The Morgan fingerprint density at radius 2 is 1.69 bits per heavy atom. The third-order valence-electron chi connectivity index (χ3n) is 6.39. The molecule has 0 aromatic heterocycles. The first-order chi connectivity index (χ1) is 16.7. The van der Waals surface area contributed by atoms with Crippen molar-refractivity contribution in [1.82, 2.24) is 9.80 Å². The van der Waals surface area contributed by atoms with E-state index >= 15 is 0 Å². The number of carbonyl (C=O) groups is 3. The Balaban J connectivity index is 1.57. The smallest absolute Gasteiger partial charge is 0.415 e. The predicted molar refractivity (Wildman–Crippen MR) is 135 cm³/mol. The molecule has 3 amide bonds. The van der Waals surface area contributed by atoms with Crippen LogP contribution in [0.2, 0.25) is 0 Å². The Bertz CT molecular complexity index is 1040. The number of hydrogen-bond acceptors (Lipinski definition) is 7. The summed E-state index contributed by atoms with van der Waals surface area (Å²) in [6.07, 6.45) is -0.118. The van der Waals surface area contributed by atoms with Crippen molar-refractivity contribution in [2.45, 2.75) is 84.7 Å². The van der Waals surface area contributed by atoms with E-state index in [1.165, 1.54) is 4.90 Å². The zero-order valence-corrected chi connectivity index (χ0v) is 22.3. The number of carbonyl (C=O) groups excluding carboxylic acids is 3. The molecule has 1 aromatic rings. The van der Waals surface area contributed by atoms with Gasteiger partial charge in [-0.15, -0.1) is 0 Å². The van der Waals surface area contributed by atoms with Crippen LogP contribution in [0.3, 0.4) is 0 Å². The van der Waals surface area contributed by atoms with E-state index in [2.05, 4.69) is 10.2 Å². The van der Waals surface area contributed by atoms with Gasteiger partial charge in [-0.1, -0.05) is 0 Å². The van der Waals surface area contributed by atoms with E-state index < -0.39 is 23.3 Å². The molecule has 1 aromatic carbocycles. The molecule has 198 valence electrons. The van der Waals surface area contributed by atoms with Crippen molar-refractivity contribution in [3.8, 4) is 5.75 Å². The molecular weight excluding hydrogens is 464 g/mol. The zero-order chi connectivity index (χ0) is 26.4. The highest BCUT2D eigenvalue weighted by Gasteiger charge is 2.39. The number of nitrogens with one attached hydrogen (secondary N) is 1. The summed E-state index contributed by atoms with van der Waals surface area (Å²) < 4.78 is 17.3. The summed E-state index contributed by atoms with van der Waals surface area (Å²) in [5.41, 5.74) is 0.799. The molecule has 0 aliphatic carbocycles. The van der Waals surface area contributed by atoms with Crippen molar-refractivity contribution >= 4 is 29.5 Å². The van der Waals surface area contributed by atoms with Gasteiger partial charge in [0.2, 0.25) is 5.91 Å². The molecule has 1 saturated heterocycles. The fraction of sp³-hybridized carbons (Fsp3) is 0.654. The van der Waals surface area contributed by atoms with E-state index in [1.807, 2.05) is 32.9 Å². The molecule has 4 rings (SSSR count). The molecule has 0 radical (unpaired) electrons. The number of ether oxygens (including phenoxy) is 3. The third kappa shape index (κ3) is 5.69. The molecule has 3 heterocycles. The Kier molecular flexibility index (Phi) is 6.85. The summed E-state index contributed by atoms with van der Waals surface area (Å²) in [5, 5.41) is 2.93. The molecule has 1 fully saturated rings. The minimum absolute atomic E-state index is 0.128. The van der Waals surface area contributed by atoms with E-state index in [4.69, 9.17) is 14.2 Å². The van der Waals surface area contributed by atoms with E-state index in [1.54, 1.807) is 32.6 Å². The first kappa shape index (κ1) is 26.1. The van der Waals surface area contributed by atoms with Crippen LogP contribution in [0.1, 0.15) is 60.5 Å². The molecule has 0 bridgehead atoms. The van der Waals surface area contributed by atoms with Crippen LogP contribution in [0.15, 0.2) is 12.1 Å². The number of anilines is 2. The van der Waals surface area contributed by atoms with Gasteiger partial charge in [0.1, 0.15) is 23.0 Å². The van der Waals surface area contributed by atoms with Gasteiger partial charge in [0.25, 0.3) is 0 Å². The van der Waals surface area contributed by atoms with Crippen molar-refractivity contribution in [3.05, 3.63) is 17.7 Å². The molecule has 1 N–H and O–H groups in total. The lowest BCUT2D eigenvalue weighted by Gasteiger charge is -2.43. The average molecular weight is 503 g/mol. The normalized spacial score (nSPS) is 22.7. The van der Waals surface area contributed by atoms with E-state index in [9.17, 15) is 14.4 Å². The van der Waals surface area contributed by atoms with Crippen LogP contribution in [0.25, 0.3) is 0 Å². The van der Waals surface area contributed by atoms with Crippen LogP contribution in [0.4, 0.5) is 21.0 Å². The maximum absolute atomic E-state index is 13.0. The average Bonchev–Trinajstić information content (AvgIpc) is 2.72. The Hall–Kier alpha value is -3.01. The third-order valence-corrected chi connectivity index (χ3v) is 6.39. The van der Waals surface area contributed by atoms with E-state index in [-0.39, 0.29) is 18.0 Å². The zero-order valence-electron chi connectivity index (χ0n) is 22.3. The lowest BCUT2D eigenvalue weighted by atomic mass is 10.0. The summed E-state index contributed by atoms with van der Waals surface area (Å²) in [6, 6.07) is 3.11. The summed E-state index contributed by atoms with van der Waals surface area (Å²) in [6.45, 7) is 15.6. The molecule has 1 unspecified atom stereocenters. The number of benzene rings is 1. The fourth-order valence-electron chi connectivity index (χ4n) is 4.69. The largest absolute Gasteiger partial charge is 0.493 e. The predicted octanol–water partition coefficient (Wildman–Crippen LogP) is 3.97. The lowest BCUT2D eigenvalue weighted by molar-refractivity contribution is -0.117. The first-order valence-corrected chi connectivity index (χ1v) is 12.6. The van der Waals surface area contributed by atoms with Gasteiger partial charge in [-0.25, -0.2) is 9.59 Å². The molecule has 3 aliphatic heterocycles. The number of rotatable bonds is 0. The van der Waals surface area contributed by atoms with Crippen LogP contribution < -0.4 is 15.0 Å². The second kappa shape index (κ2) is 9.46. The number of piperazine rings is 1. The Morgan fingerprint density at radius 3 is 2.36 bits per heavy atom. The SMILES string of the molecule is CC1C(=O)Nc2cc3c(cc2N1C(=O)OC(C)(C)C)OCC[C@H]1CN(C(=O)OC(C)(C)C)CCN1C3. The van der Waals surface area contributed by atoms with Crippen molar-refractivity contribution in [1.29, 1.82) is 0 Å². The second-order valence-corrected chi connectivity index (χ2v) is 11.7. The molecule has 36 heavy (non-hydrogen) atoms. The van der Waals surface area contributed by atoms with Gasteiger partial charge in [0.05, 0.1) is 18.0 Å². The topological polar surface area (TPSA) is 101 Å². The number of fused-ring (bicyclic) bond motifs is 3. The van der Waals surface area contributed by atoms with Gasteiger partial charge in [-0.2, -0.15) is 0 Å². The highest BCUT2D eigenvalue weighted by Crippen LogP contribution is 2.40. The van der Waals surface area contributed by atoms with Crippen LogP contribution in [-0.4, -0.2) is 77.4 Å². The van der Waals surface area contributed by atoms with Gasteiger partial charge in [0.15, 0.2) is 0 Å². The van der Waals surface area contributed by atoms with Crippen LogP contribution in [-0.2, 0) is 20.8 Å². The maximum Gasteiger partial charge on any atom is 0.415 e. The molecule has 2 atom stereocenters. The molecule has 10 heteroatoms. The van der Waals surface area contributed by atoms with Crippen molar-refractivity contribution in [2.75, 3.05) is 36.5 Å².